The molecule has 0 aliphatic heterocycles. The van der Waals surface area contributed by atoms with Gasteiger partial charge < -0.3 is 15.6 Å². The average molecular weight is 292 g/mol. The third-order valence-electron chi connectivity index (χ3n) is 3.09. The van der Waals surface area contributed by atoms with Crippen molar-refractivity contribution < 1.29 is 9.84 Å². The first kappa shape index (κ1) is 14.9. The number of rotatable bonds is 6. The number of nitrogens with two attached hydrogens (primary N) is 1. The lowest BCUT2D eigenvalue weighted by Crippen LogP contribution is -2.02. The summed E-state index contributed by atoms with van der Waals surface area (Å²) in [5, 5.41) is 9.70. The molecule has 0 atom stereocenters. The lowest BCUT2D eigenvalue weighted by molar-refractivity contribution is 0.284. The van der Waals surface area contributed by atoms with Crippen molar-refractivity contribution in [3.05, 3.63) is 64.2 Å². The second kappa shape index (κ2) is 7.29. The Bertz CT molecular complexity index is 572. The van der Waals surface area contributed by atoms with Crippen LogP contribution in [0.15, 0.2) is 42.5 Å². The fourth-order valence-corrected chi connectivity index (χ4v) is 2.22. The van der Waals surface area contributed by atoms with E-state index in [1.165, 1.54) is 0 Å². The van der Waals surface area contributed by atoms with E-state index in [-0.39, 0.29) is 6.61 Å². The summed E-state index contributed by atoms with van der Waals surface area (Å²) < 4.78 is 5.80. The van der Waals surface area contributed by atoms with Crippen LogP contribution >= 0.6 is 11.6 Å². The SMILES string of the molecule is NCc1ccc(COc2ccccc2CCO)c(Cl)c1. The molecule has 0 unspecified atom stereocenters. The first-order valence-corrected chi connectivity index (χ1v) is 6.91. The summed E-state index contributed by atoms with van der Waals surface area (Å²) in [6.07, 6.45) is 0.579. The molecule has 20 heavy (non-hydrogen) atoms. The van der Waals surface area contributed by atoms with Gasteiger partial charge in [-0.25, -0.2) is 0 Å². The molecule has 0 fully saturated rings. The fourth-order valence-electron chi connectivity index (χ4n) is 1.96. The van der Waals surface area contributed by atoms with Crippen LogP contribution in [0.4, 0.5) is 0 Å². The smallest absolute Gasteiger partial charge is 0.123 e. The molecule has 4 heteroatoms. The Labute approximate surface area is 123 Å². The summed E-state index contributed by atoms with van der Waals surface area (Å²) in [5.74, 6) is 0.778. The maximum atomic E-state index is 9.04. The van der Waals surface area contributed by atoms with E-state index >= 15 is 0 Å². The molecule has 0 aromatic heterocycles. The molecule has 3 nitrogen and oxygen atoms in total. The van der Waals surface area contributed by atoms with Crippen molar-refractivity contribution in [2.75, 3.05) is 6.61 Å². The third-order valence-corrected chi connectivity index (χ3v) is 3.44. The molecule has 0 heterocycles. The van der Waals surface area contributed by atoms with Crippen molar-refractivity contribution in [3.8, 4) is 5.75 Å². The number of para-hydroxylation sites is 1. The van der Waals surface area contributed by atoms with Gasteiger partial charge in [0.2, 0.25) is 0 Å². The normalized spacial score (nSPS) is 10.6. The summed E-state index contributed by atoms with van der Waals surface area (Å²) in [6, 6.07) is 13.4. The summed E-state index contributed by atoms with van der Waals surface area (Å²) in [5.41, 5.74) is 8.48. The zero-order valence-corrected chi connectivity index (χ0v) is 11.9. The zero-order valence-electron chi connectivity index (χ0n) is 11.2. The molecule has 3 N–H and O–H groups in total. The number of halogens is 1. The predicted octanol–water partition coefficient (Wildman–Crippen LogP) is 2.91. The van der Waals surface area contributed by atoms with E-state index in [2.05, 4.69) is 0 Å². The van der Waals surface area contributed by atoms with E-state index in [4.69, 9.17) is 27.2 Å². The molecule has 0 bridgehead atoms. The summed E-state index contributed by atoms with van der Waals surface area (Å²) in [6.45, 7) is 0.971. The van der Waals surface area contributed by atoms with E-state index in [9.17, 15) is 0 Å². The van der Waals surface area contributed by atoms with Gasteiger partial charge in [-0.1, -0.05) is 41.9 Å². The van der Waals surface area contributed by atoms with Crippen LogP contribution in [-0.4, -0.2) is 11.7 Å². The average Bonchev–Trinajstić information content (AvgIpc) is 2.47. The van der Waals surface area contributed by atoms with Crippen LogP contribution in [0.5, 0.6) is 5.75 Å². The van der Waals surface area contributed by atoms with Gasteiger partial charge in [0.15, 0.2) is 0 Å². The maximum absolute atomic E-state index is 9.04. The summed E-state index contributed by atoms with van der Waals surface area (Å²) in [4.78, 5) is 0. The number of hydrogen-bond acceptors (Lipinski definition) is 3. The highest BCUT2D eigenvalue weighted by atomic mass is 35.5. The molecule has 0 spiro atoms. The quantitative estimate of drug-likeness (QED) is 0.860. The van der Waals surface area contributed by atoms with Crippen molar-refractivity contribution in [2.45, 2.75) is 19.6 Å². The van der Waals surface area contributed by atoms with E-state index in [0.29, 0.717) is 24.6 Å². The number of aliphatic hydroxyl groups excluding tert-OH is 1. The van der Waals surface area contributed by atoms with Gasteiger partial charge in [0.25, 0.3) is 0 Å². The van der Waals surface area contributed by atoms with Crippen molar-refractivity contribution in [3.63, 3.8) is 0 Å². The Morgan fingerprint density at radius 1 is 1.10 bits per heavy atom. The number of aliphatic hydroxyl groups is 1. The van der Waals surface area contributed by atoms with Gasteiger partial charge in [0, 0.05) is 23.7 Å². The molecule has 2 aromatic carbocycles. The van der Waals surface area contributed by atoms with E-state index in [1.807, 2.05) is 42.5 Å². The fraction of sp³-hybridized carbons (Fsp3) is 0.250. The highest BCUT2D eigenvalue weighted by Crippen LogP contribution is 2.23. The molecule has 0 saturated carbocycles. The Morgan fingerprint density at radius 2 is 1.90 bits per heavy atom. The zero-order chi connectivity index (χ0) is 14.4. The lowest BCUT2D eigenvalue weighted by Gasteiger charge is -2.12. The van der Waals surface area contributed by atoms with Gasteiger partial charge in [0.05, 0.1) is 0 Å². The minimum Gasteiger partial charge on any atom is -0.489 e. The standard InChI is InChI=1S/C16H18ClNO2/c17-15-9-12(10-18)5-6-14(15)11-20-16-4-2-1-3-13(16)7-8-19/h1-6,9,19H,7-8,10-11,18H2. The highest BCUT2D eigenvalue weighted by Gasteiger charge is 2.05. The van der Waals surface area contributed by atoms with Gasteiger partial charge in [-0.3, -0.25) is 0 Å². The van der Waals surface area contributed by atoms with E-state index in [0.717, 1.165) is 22.4 Å². The summed E-state index contributed by atoms with van der Waals surface area (Å²) >= 11 is 6.20. The molecule has 0 radical (unpaired) electrons. The van der Waals surface area contributed by atoms with Crippen LogP contribution in [0.25, 0.3) is 0 Å². The minimum atomic E-state index is 0.103. The van der Waals surface area contributed by atoms with Crippen LogP contribution in [0.1, 0.15) is 16.7 Å². The third kappa shape index (κ3) is 3.73. The number of ether oxygens (including phenoxy) is 1. The predicted molar refractivity (Wildman–Crippen MR) is 80.9 cm³/mol. The largest absolute Gasteiger partial charge is 0.489 e. The molecule has 106 valence electrons. The molecule has 2 aromatic rings. The molecular formula is C16H18ClNO2. The van der Waals surface area contributed by atoms with Crippen molar-refractivity contribution >= 4 is 11.6 Å². The van der Waals surface area contributed by atoms with Crippen LogP contribution < -0.4 is 10.5 Å². The topological polar surface area (TPSA) is 55.5 Å². The van der Waals surface area contributed by atoms with Gasteiger partial charge in [-0.15, -0.1) is 0 Å². The van der Waals surface area contributed by atoms with Crippen LogP contribution in [-0.2, 0) is 19.6 Å². The van der Waals surface area contributed by atoms with Gasteiger partial charge in [-0.2, -0.15) is 0 Å². The Kier molecular flexibility index (Phi) is 5.41. The molecule has 0 aliphatic rings. The second-order valence-electron chi connectivity index (χ2n) is 4.50. The highest BCUT2D eigenvalue weighted by molar-refractivity contribution is 6.31. The Hall–Kier alpha value is -1.55. The Balaban J connectivity index is 2.09. The maximum Gasteiger partial charge on any atom is 0.123 e. The minimum absolute atomic E-state index is 0.103. The van der Waals surface area contributed by atoms with Gasteiger partial charge in [0.1, 0.15) is 12.4 Å². The van der Waals surface area contributed by atoms with Crippen molar-refractivity contribution in [2.24, 2.45) is 5.73 Å². The summed E-state index contributed by atoms with van der Waals surface area (Å²) in [7, 11) is 0. The van der Waals surface area contributed by atoms with Crippen LogP contribution in [0.3, 0.4) is 0 Å². The van der Waals surface area contributed by atoms with Crippen molar-refractivity contribution in [1.82, 2.24) is 0 Å². The lowest BCUT2D eigenvalue weighted by atomic mass is 10.1. The number of hydrogen-bond donors (Lipinski definition) is 2. The first-order valence-electron chi connectivity index (χ1n) is 6.53. The Morgan fingerprint density at radius 3 is 2.60 bits per heavy atom. The first-order chi connectivity index (χ1) is 9.74. The van der Waals surface area contributed by atoms with E-state index in [1.54, 1.807) is 0 Å². The van der Waals surface area contributed by atoms with Crippen LogP contribution in [0.2, 0.25) is 5.02 Å². The molecule has 2 rings (SSSR count). The molecular weight excluding hydrogens is 274 g/mol. The molecule has 0 saturated heterocycles. The van der Waals surface area contributed by atoms with Crippen LogP contribution in [0, 0.1) is 0 Å². The van der Waals surface area contributed by atoms with Gasteiger partial charge in [-0.05, 0) is 29.7 Å². The van der Waals surface area contributed by atoms with Gasteiger partial charge >= 0.3 is 0 Å². The number of benzene rings is 2. The second-order valence-corrected chi connectivity index (χ2v) is 4.91. The molecule has 0 aliphatic carbocycles. The van der Waals surface area contributed by atoms with Crippen molar-refractivity contribution in [1.29, 1.82) is 0 Å². The molecule has 0 amide bonds. The monoisotopic (exact) mass is 291 g/mol. The van der Waals surface area contributed by atoms with E-state index < -0.39 is 0 Å².